The van der Waals surface area contributed by atoms with Crippen molar-refractivity contribution in [2.45, 2.75) is 22.6 Å². The first kappa shape index (κ1) is 13.9. The Morgan fingerprint density at radius 3 is 2.50 bits per heavy atom. The molecule has 0 saturated carbocycles. The molecule has 0 aromatic carbocycles. The molecule has 1 aliphatic rings. The summed E-state index contributed by atoms with van der Waals surface area (Å²) in [5.41, 5.74) is 12.5. The van der Waals surface area contributed by atoms with E-state index in [0.29, 0.717) is 0 Å². The summed E-state index contributed by atoms with van der Waals surface area (Å²) in [5, 5.41) is -3.72. The number of allylic oxidation sites excluding steroid dienone is 1. The summed E-state index contributed by atoms with van der Waals surface area (Å²) in [6.07, 6.45) is 3.80. The van der Waals surface area contributed by atoms with Crippen LogP contribution >= 0.6 is 23.4 Å². The summed E-state index contributed by atoms with van der Waals surface area (Å²) >= 11 is 4.69. The first-order chi connectivity index (χ1) is 7.15. The van der Waals surface area contributed by atoms with Gasteiger partial charge in [-0.05, 0) is 23.9 Å². The molecule has 0 amide bonds. The zero-order valence-electron chi connectivity index (χ0n) is 8.04. The average Bonchev–Trinajstić information content (AvgIpc) is 2.11. The summed E-state index contributed by atoms with van der Waals surface area (Å²) in [4.78, 5) is 0.0762. The average molecular weight is 274 g/mol. The summed E-state index contributed by atoms with van der Waals surface area (Å²) in [5.74, 6) is 0. The van der Waals surface area contributed by atoms with E-state index in [2.05, 4.69) is 0 Å². The third kappa shape index (κ3) is 3.14. The molecule has 8 heteroatoms. The van der Waals surface area contributed by atoms with Crippen LogP contribution in [0.3, 0.4) is 0 Å². The normalized spacial score (nSPS) is 26.4. The van der Waals surface area contributed by atoms with E-state index in [-0.39, 0.29) is 16.7 Å². The van der Waals surface area contributed by atoms with Gasteiger partial charge in [0.15, 0.2) is 0 Å². The predicted molar refractivity (Wildman–Crippen MR) is 59.6 cm³/mol. The molecule has 0 fully saturated rings. The van der Waals surface area contributed by atoms with Gasteiger partial charge < -0.3 is 17.2 Å². The van der Waals surface area contributed by atoms with Gasteiger partial charge in [0.25, 0.3) is 0 Å². The zero-order valence-corrected chi connectivity index (χ0v) is 9.61. The van der Waals surface area contributed by atoms with Gasteiger partial charge >= 0.3 is 5.25 Å². The van der Waals surface area contributed by atoms with Gasteiger partial charge in [-0.1, -0.05) is 17.7 Å². The Hall–Kier alpha value is -0.210. The van der Waals surface area contributed by atoms with Gasteiger partial charge in [0.2, 0.25) is 5.63 Å². The second-order valence-electron chi connectivity index (χ2n) is 3.39. The molecular weight excluding hydrogens is 263 g/mol. The Bertz CT molecular complexity index is 330. The molecule has 2 atom stereocenters. The van der Waals surface area contributed by atoms with Crippen LogP contribution in [0.4, 0.5) is 13.2 Å². The van der Waals surface area contributed by atoms with E-state index in [1.54, 1.807) is 0 Å². The third-order valence-corrected chi connectivity index (χ3v) is 3.36. The summed E-state index contributed by atoms with van der Waals surface area (Å²) in [7, 11) is 0. The molecule has 1 rings (SSSR count). The molecule has 0 bridgehead atoms. The third-order valence-electron chi connectivity index (χ3n) is 1.97. The summed E-state index contributed by atoms with van der Waals surface area (Å²) in [6.45, 7) is 0. The molecule has 92 valence electrons. The van der Waals surface area contributed by atoms with Crippen molar-refractivity contribution in [2.24, 2.45) is 17.2 Å². The summed E-state index contributed by atoms with van der Waals surface area (Å²) in [6, 6.07) is -0.816. The van der Waals surface area contributed by atoms with Crippen LogP contribution in [0.1, 0.15) is 0 Å². The molecular formula is C8H11ClF3N3S. The molecule has 1 aliphatic carbocycles. The maximum atomic E-state index is 12.9. The second kappa shape index (κ2) is 4.58. The Labute approximate surface area is 99.9 Å². The van der Waals surface area contributed by atoms with E-state index in [4.69, 9.17) is 28.8 Å². The van der Waals surface area contributed by atoms with Crippen molar-refractivity contribution in [1.82, 2.24) is 0 Å². The van der Waals surface area contributed by atoms with Crippen molar-refractivity contribution in [2.75, 3.05) is 0 Å². The Morgan fingerprint density at radius 1 is 1.50 bits per heavy atom. The number of alkyl halides is 4. The van der Waals surface area contributed by atoms with Gasteiger partial charge in [0.1, 0.15) is 5.66 Å². The van der Waals surface area contributed by atoms with Crippen LogP contribution in [-0.4, -0.2) is 22.6 Å². The van der Waals surface area contributed by atoms with Crippen molar-refractivity contribution in [3.05, 3.63) is 23.1 Å². The summed E-state index contributed by atoms with van der Waals surface area (Å²) < 4.78 is 38.2. The van der Waals surface area contributed by atoms with Crippen molar-refractivity contribution in [3.63, 3.8) is 0 Å². The van der Waals surface area contributed by atoms with Crippen LogP contribution in [0.15, 0.2) is 23.1 Å². The highest BCUT2D eigenvalue weighted by Crippen LogP contribution is 2.42. The predicted octanol–water partition coefficient (Wildman–Crippen LogP) is 1.24. The van der Waals surface area contributed by atoms with Gasteiger partial charge in [-0.3, -0.25) is 0 Å². The van der Waals surface area contributed by atoms with Crippen LogP contribution in [0.2, 0.25) is 0 Å². The lowest BCUT2D eigenvalue weighted by molar-refractivity contribution is 0.0544. The zero-order chi connectivity index (χ0) is 12.6. The quantitative estimate of drug-likeness (QED) is 0.534. The van der Waals surface area contributed by atoms with Crippen molar-refractivity contribution < 1.29 is 13.2 Å². The standard InChI is InChI=1S/C8H11ClF3N3S/c9-6(10)8(11,12)16-4-1-2-7(14,15)5(13)3-4/h1-3,5-6H,13-15H2. The first-order valence-electron chi connectivity index (χ1n) is 4.24. The lowest BCUT2D eigenvalue weighted by Crippen LogP contribution is -2.61. The van der Waals surface area contributed by atoms with Gasteiger partial charge in [-0.25, -0.2) is 4.39 Å². The Kier molecular flexibility index (Phi) is 3.96. The van der Waals surface area contributed by atoms with Crippen molar-refractivity contribution >= 4 is 23.4 Å². The van der Waals surface area contributed by atoms with Crippen LogP contribution in [0.5, 0.6) is 0 Å². The van der Waals surface area contributed by atoms with E-state index in [1.807, 2.05) is 0 Å². The van der Waals surface area contributed by atoms with Crippen LogP contribution < -0.4 is 17.2 Å². The van der Waals surface area contributed by atoms with E-state index >= 15 is 0 Å². The highest BCUT2D eigenvalue weighted by atomic mass is 35.5. The SMILES string of the molecule is NC1C=C(SC(F)(F)C(F)Cl)C=CC1(N)N. The molecule has 0 heterocycles. The van der Waals surface area contributed by atoms with Gasteiger partial charge in [-0.2, -0.15) is 8.78 Å². The fraction of sp³-hybridized carbons (Fsp3) is 0.500. The number of rotatable bonds is 3. The largest absolute Gasteiger partial charge is 0.342 e. The highest BCUT2D eigenvalue weighted by Gasteiger charge is 2.41. The van der Waals surface area contributed by atoms with E-state index in [1.165, 1.54) is 18.2 Å². The van der Waals surface area contributed by atoms with Gasteiger partial charge in [-0.15, -0.1) is 0 Å². The number of thioether (sulfide) groups is 1. The van der Waals surface area contributed by atoms with Crippen LogP contribution in [-0.2, 0) is 0 Å². The number of nitrogens with two attached hydrogens (primary N) is 3. The molecule has 0 spiro atoms. The van der Waals surface area contributed by atoms with Gasteiger partial charge in [0.05, 0.1) is 6.04 Å². The first-order valence-corrected chi connectivity index (χ1v) is 5.50. The van der Waals surface area contributed by atoms with E-state index in [9.17, 15) is 13.2 Å². The van der Waals surface area contributed by atoms with Crippen LogP contribution in [0, 0.1) is 0 Å². The topological polar surface area (TPSA) is 78.1 Å². The lowest BCUT2D eigenvalue weighted by atomic mass is 9.98. The van der Waals surface area contributed by atoms with E-state index in [0.717, 1.165) is 0 Å². The van der Waals surface area contributed by atoms with Crippen molar-refractivity contribution in [3.8, 4) is 0 Å². The minimum atomic E-state index is -3.72. The monoisotopic (exact) mass is 273 g/mol. The second-order valence-corrected chi connectivity index (χ2v) is 5.00. The molecule has 0 aromatic heterocycles. The fourth-order valence-corrected chi connectivity index (χ4v) is 1.87. The maximum Gasteiger partial charge on any atom is 0.342 e. The molecule has 16 heavy (non-hydrogen) atoms. The fourth-order valence-electron chi connectivity index (χ4n) is 0.984. The molecule has 0 saturated heterocycles. The number of hydrogen-bond donors (Lipinski definition) is 3. The Morgan fingerprint density at radius 2 is 2.06 bits per heavy atom. The highest BCUT2D eigenvalue weighted by molar-refractivity contribution is 8.04. The molecule has 0 aromatic rings. The van der Waals surface area contributed by atoms with Crippen LogP contribution in [0.25, 0.3) is 0 Å². The Balaban J connectivity index is 2.76. The van der Waals surface area contributed by atoms with Gasteiger partial charge in [0, 0.05) is 4.91 Å². The maximum absolute atomic E-state index is 12.9. The molecule has 6 N–H and O–H groups in total. The van der Waals surface area contributed by atoms with E-state index < -0.39 is 22.6 Å². The number of hydrogen-bond acceptors (Lipinski definition) is 4. The molecule has 0 aliphatic heterocycles. The number of halogens is 4. The smallest absolute Gasteiger partial charge is 0.322 e. The minimum absolute atomic E-state index is 0.0217. The molecule has 2 unspecified atom stereocenters. The van der Waals surface area contributed by atoms with Crippen molar-refractivity contribution in [1.29, 1.82) is 0 Å². The molecule has 0 radical (unpaired) electrons. The minimum Gasteiger partial charge on any atom is -0.322 e. The molecule has 3 nitrogen and oxygen atoms in total. The lowest BCUT2D eigenvalue weighted by Gasteiger charge is -2.30.